The van der Waals surface area contributed by atoms with Crippen molar-refractivity contribution in [2.24, 2.45) is 0 Å². The van der Waals surface area contributed by atoms with Gasteiger partial charge in [0.2, 0.25) is 5.91 Å². The Hall–Kier alpha value is -3.13. The minimum Gasteiger partial charge on any atom is -0.339 e. The molecule has 4 amide bonds. The smallest absolute Gasteiger partial charge is 0.315 e. The molecule has 160 valence electrons. The summed E-state index contributed by atoms with van der Waals surface area (Å²) in [4.78, 5) is 37.9. The predicted molar refractivity (Wildman–Crippen MR) is 114 cm³/mol. The molecule has 0 aliphatic rings. The molecule has 0 fully saturated rings. The summed E-state index contributed by atoms with van der Waals surface area (Å²) in [6.07, 6.45) is 0. The summed E-state index contributed by atoms with van der Waals surface area (Å²) < 4.78 is 12.9. The van der Waals surface area contributed by atoms with Gasteiger partial charge in [-0.3, -0.25) is 9.59 Å². The first-order valence-electron chi connectivity index (χ1n) is 9.48. The molecule has 0 aromatic heterocycles. The van der Waals surface area contributed by atoms with E-state index in [1.165, 1.54) is 18.2 Å². The van der Waals surface area contributed by atoms with Gasteiger partial charge < -0.3 is 20.9 Å². The third-order valence-corrected chi connectivity index (χ3v) is 4.62. The van der Waals surface area contributed by atoms with E-state index in [9.17, 15) is 18.8 Å². The third kappa shape index (κ3) is 6.73. The Kier molecular flexibility index (Phi) is 8.61. The van der Waals surface area contributed by atoms with Crippen LogP contribution in [-0.2, 0) is 11.3 Å². The molecule has 0 aliphatic carbocycles. The molecule has 2 rings (SSSR count). The van der Waals surface area contributed by atoms with Gasteiger partial charge in [-0.15, -0.1) is 0 Å². The highest BCUT2D eigenvalue weighted by atomic mass is 35.5. The number of nitrogens with one attached hydrogen (secondary N) is 3. The molecule has 0 heterocycles. The second-order valence-electron chi connectivity index (χ2n) is 6.38. The van der Waals surface area contributed by atoms with Gasteiger partial charge in [0.15, 0.2) is 0 Å². The average Bonchev–Trinajstić information content (AvgIpc) is 2.72. The first-order chi connectivity index (χ1) is 14.3. The molecular formula is C21H24ClFN4O3. The van der Waals surface area contributed by atoms with Crippen LogP contribution < -0.4 is 16.0 Å². The molecule has 0 radical (unpaired) electrons. The van der Waals surface area contributed by atoms with Crippen molar-refractivity contribution in [2.75, 3.05) is 25.0 Å². The quantitative estimate of drug-likeness (QED) is 0.594. The number of hydrogen-bond acceptors (Lipinski definition) is 3. The van der Waals surface area contributed by atoms with Gasteiger partial charge in [-0.2, -0.15) is 0 Å². The van der Waals surface area contributed by atoms with Crippen molar-refractivity contribution in [3.8, 4) is 0 Å². The number of benzene rings is 2. The SMILES string of the molecule is CCN(CC)C(=O)c1ccc(NC(=O)CNC(=O)NCc2ccc(F)cc2)cc1Cl. The molecule has 0 aliphatic heterocycles. The molecule has 0 unspecified atom stereocenters. The van der Waals surface area contributed by atoms with Crippen molar-refractivity contribution in [2.45, 2.75) is 20.4 Å². The zero-order chi connectivity index (χ0) is 22.1. The summed E-state index contributed by atoms with van der Waals surface area (Å²) >= 11 is 6.20. The minimum absolute atomic E-state index is 0.178. The van der Waals surface area contributed by atoms with Crippen molar-refractivity contribution in [1.82, 2.24) is 15.5 Å². The predicted octanol–water partition coefficient (Wildman–Crippen LogP) is 3.40. The lowest BCUT2D eigenvalue weighted by molar-refractivity contribution is -0.115. The largest absolute Gasteiger partial charge is 0.339 e. The van der Waals surface area contributed by atoms with Crippen LogP contribution in [0, 0.1) is 5.82 Å². The zero-order valence-electron chi connectivity index (χ0n) is 16.8. The van der Waals surface area contributed by atoms with Crippen LogP contribution in [0.15, 0.2) is 42.5 Å². The zero-order valence-corrected chi connectivity index (χ0v) is 17.6. The summed E-state index contributed by atoms with van der Waals surface area (Å²) in [5, 5.41) is 7.84. The molecule has 2 aromatic carbocycles. The Morgan fingerprint density at radius 2 is 1.67 bits per heavy atom. The van der Waals surface area contributed by atoms with Crippen LogP contribution >= 0.6 is 11.6 Å². The molecule has 7 nitrogen and oxygen atoms in total. The molecular weight excluding hydrogens is 411 g/mol. The van der Waals surface area contributed by atoms with Crippen molar-refractivity contribution in [1.29, 1.82) is 0 Å². The van der Waals surface area contributed by atoms with E-state index >= 15 is 0 Å². The number of urea groups is 1. The number of rotatable bonds is 8. The second kappa shape index (κ2) is 11.2. The Morgan fingerprint density at radius 1 is 1.00 bits per heavy atom. The van der Waals surface area contributed by atoms with Crippen LogP contribution in [0.5, 0.6) is 0 Å². The maximum Gasteiger partial charge on any atom is 0.315 e. The summed E-state index contributed by atoms with van der Waals surface area (Å²) in [7, 11) is 0. The van der Waals surface area contributed by atoms with Crippen LogP contribution in [0.25, 0.3) is 0 Å². The van der Waals surface area contributed by atoms with E-state index in [0.29, 0.717) is 24.3 Å². The maximum atomic E-state index is 12.9. The van der Waals surface area contributed by atoms with Gasteiger partial charge in [-0.25, -0.2) is 9.18 Å². The average molecular weight is 435 g/mol. The number of amides is 4. The molecule has 0 atom stereocenters. The Bertz CT molecular complexity index is 902. The lowest BCUT2D eigenvalue weighted by Gasteiger charge is -2.19. The van der Waals surface area contributed by atoms with E-state index in [2.05, 4.69) is 16.0 Å². The van der Waals surface area contributed by atoms with Gasteiger partial charge in [-0.1, -0.05) is 23.7 Å². The van der Waals surface area contributed by atoms with E-state index in [4.69, 9.17) is 11.6 Å². The van der Waals surface area contributed by atoms with Crippen LogP contribution in [0.1, 0.15) is 29.8 Å². The van der Waals surface area contributed by atoms with Gasteiger partial charge in [0.05, 0.1) is 17.1 Å². The van der Waals surface area contributed by atoms with Crippen molar-refractivity contribution in [3.63, 3.8) is 0 Å². The van der Waals surface area contributed by atoms with Crippen LogP contribution in [0.3, 0.4) is 0 Å². The molecule has 0 saturated carbocycles. The number of nitrogens with zero attached hydrogens (tertiary/aromatic N) is 1. The number of hydrogen-bond donors (Lipinski definition) is 3. The van der Waals surface area contributed by atoms with Gasteiger partial charge in [0, 0.05) is 25.3 Å². The fraction of sp³-hybridized carbons (Fsp3) is 0.286. The highest BCUT2D eigenvalue weighted by Gasteiger charge is 2.16. The molecule has 0 spiro atoms. The minimum atomic E-state index is -0.535. The lowest BCUT2D eigenvalue weighted by Crippen LogP contribution is -2.39. The molecule has 30 heavy (non-hydrogen) atoms. The first-order valence-corrected chi connectivity index (χ1v) is 9.86. The highest BCUT2D eigenvalue weighted by Crippen LogP contribution is 2.22. The van der Waals surface area contributed by atoms with E-state index in [1.54, 1.807) is 29.2 Å². The van der Waals surface area contributed by atoms with Gasteiger partial charge in [0.1, 0.15) is 5.82 Å². The van der Waals surface area contributed by atoms with Crippen LogP contribution in [0.4, 0.5) is 14.9 Å². The van der Waals surface area contributed by atoms with E-state index in [-0.39, 0.29) is 29.8 Å². The molecule has 0 bridgehead atoms. The lowest BCUT2D eigenvalue weighted by atomic mass is 10.1. The fourth-order valence-corrected chi connectivity index (χ4v) is 2.92. The number of anilines is 1. The van der Waals surface area contributed by atoms with Crippen LogP contribution in [0.2, 0.25) is 5.02 Å². The van der Waals surface area contributed by atoms with Crippen LogP contribution in [-0.4, -0.2) is 42.4 Å². The molecule has 9 heteroatoms. The molecule has 3 N–H and O–H groups in total. The Labute approximate surface area is 179 Å². The topological polar surface area (TPSA) is 90.5 Å². The first kappa shape index (κ1) is 23.2. The summed E-state index contributed by atoms with van der Waals surface area (Å²) in [5.41, 5.74) is 1.50. The summed E-state index contributed by atoms with van der Waals surface area (Å²) in [6.45, 7) is 4.84. The third-order valence-electron chi connectivity index (χ3n) is 4.31. The van der Waals surface area contributed by atoms with Gasteiger partial charge in [0.25, 0.3) is 5.91 Å². The van der Waals surface area contributed by atoms with Crippen molar-refractivity contribution < 1.29 is 18.8 Å². The molecule has 2 aromatic rings. The normalized spacial score (nSPS) is 10.3. The van der Waals surface area contributed by atoms with Gasteiger partial charge in [-0.05, 0) is 49.7 Å². The van der Waals surface area contributed by atoms with E-state index in [0.717, 1.165) is 5.56 Å². The van der Waals surface area contributed by atoms with Gasteiger partial charge >= 0.3 is 6.03 Å². The standard InChI is InChI=1S/C21H24ClFN4O3/c1-3-27(4-2)20(29)17-10-9-16(11-18(17)22)26-19(28)13-25-21(30)24-12-14-5-7-15(23)8-6-14/h5-11H,3-4,12-13H2,1-2H3,(H,26,28)(H2,24,25,30). The van der Waals surface area contributed by atoms with E-state index in [1.807, 2.05) is 13.8 Å². The Morgan fingerprint density at radius 3 is 2.27 bits per heavy atom. The fourth-order valence-electron chi connectivity index (χ4n) is 2.66. The highest BCUT2D eigenvalue weighted by molar-refractivity contribution is 6.34. The maximum absolute atomic E-state index is 12.9. The Balaban J connectivity index is 1.82. The van der Waals surface area contributed by atoms with Crippen molar-refractivity contribution in [3.05, 3.63) is 64.4 Å². The number of carbonyl (C=O) groups excluding carboxylic acids is 3. The summed E-state index contributed by atoms with van der Waals surface area (Å²) in [5.74, 6) is -0.987. The monoisotopic (exact) mass is 434 g/mol. The second-order valence-corrected chi connectivity index (χ2v) is 6.79. The van der Waals surface area contributed by atoms with E-state index < -0.39 is 11.9 Å². The molecule has 0 saturated heterocycles. The number of carbonyl (C=O) groups is 3. The number of halogens is 2. The van der Waals surface area contributed by atoms with Crippen molar-refractivity contribution >= 4 is 35.1 Å². The summed E-state index contributed by atoms with van der Waals surface area (Å²) in [6, 6.07) is 9.80.